The number of benzene rings is 3. The van der Waals surface area contributed by atoms with Gasteiger partial charge in [0, 0.05) is 59.9 Å². The van der Waals surface area contributed by atoms with Crippen molar-refractivity contribution in [1.29, 1.82) is 0 Å². The lowest BCUT2D eigenvalue weighted by molar-refractivity contribution is 0.0124. The second-order valence-electron chi connectivity index (χ2n) is 10.4. The summed E-state index contributed by atoms with van der Waals surface area (Å²) in [5, 5.41) is 14.5. The van der Waals surface area contributed by atoms with Crippen molar-refractivity contribution >= 4 is 22.6 Å². The van der Waals surface area contributed by atoms with Crippen molar-refractivity contribution in [3.63, 3.8) is 0 Å². The molecule has 0 aliphatic carbocycles. The number of aromatic amines is 1. The van der Waals surface area contributed by atoms with Gasteiger partial charge in [0.05, 0.1) is 26.9 Å². The fraction of sp³-hybridized carbons (Fsp3) is 0.300. The zero-order valence-corrected chi connectivity index (χ0v) is 21.9. The van der Waals surface area contributed by atoms with E-state index in [0.717, 1.165) is 39.2 Å². The molecule has 4 aromatic rings. The molecule has 202 valence electrons. The topological polar surface area (TPSA) is 90.1 Å². The van der Waals surface area contributed by atoms with Crippen LogP contribution in [0.1, 0.15) is 22.9 Å². The summed E-state index contributed by atoms with van der Waals surface area (Å²) in [7, 11) is 3.28. The van der Waals surface area contributed by atoms with E-state index in [0.29, 0.717) is 31.9 Å². The molecule has 1 atom stereocenters. The summed E-state index contributed by atoms with van der Waals surface area (Å²) < 4.78 is 24.4. The number of likely N-dealkylation sites (tertiary alicyclic amines) is 1. The molecule has 3 heterocycles. The SMILES string of the molecule is COc1ccc(CN2CC3(CN(C(=O)Nc4cccc(F)c4)C3)c3c([nH]c4cc(OC)ccc34)[C@@H]2CO)cc1. The van der Waals surface area contributed by atoms with Crippen molar-refractivity contribution in [2.75, 3.05) is 45.8 Å². The number of aromatic nitrogens is 1. The normalized spacial score (nSPS) is 18.1. The highest BCUT2D eigenvalue weighted by molar-refractivity contribution is 5.92. The van der Waals surface area contributed by atoms with E-state index in [4.69, 9.17) is 9.47 Å². The number of urea groups is 1. The summed E-state index contributed by atoms with van der Waals surface area (Å²) in [6.45, 7) is 2.24. The molecule has 1 aromatic heterocycles. The van der Waals surface area contributed by atoms with Crippen LogP contribution in [0.25, 0.3) is 10.9 Å². The molecule has 3 aromatic carbocycles. The van der Waals surface area contributed by atoms with Crippen LogP contribution in [0.3, 0.4) is 0 Å². The number of carbonyl (C=O) groups is 1. The number of nitrogens with zero attached hydrogens (tertiary/aromatic N) is 2. The maximum atomic E-state index is 13.7. The zero-order chi connectivity index (χ0) is 27.1. The van der Waals surface area contributed by atoms with E-state index >= 15 is 0 Å². The Labute approximate surface area is 225 Å². The first kappa shape index (κ1) is 25.2. The lowest BCUT2D eigenvalue weighted by atomic mass is 9.68. The Morgan fingerprint density at radius 3 is 2.49 bits per heavy atom. The number of aliphatic hydroxyl groups is 1. The Morgan fingerprint density at radius 1 is 1.05 bits per heavy atom. The van der Waals surface area contributed by atoms with Crippen molar-refractivity contribution in [3.05, 3.63) is 89.4 Å². The molecule has 9 heteroatoms. The van der Waals surface area contributed by atoms with Crippen LogP contribution < -0.4 is 14.8 Å². The van der Waals surface area contributed by atoms with Crippen LogP contribution in [0.4, 0.5) is 14.9 Å². The molecule has 2 amide bonds. The first-order chi connectivity index (χ1) is 18.9. The van der Waals surface area contributed by atoms with Gasteiger partial charge >= 0.3 is 6.03 Å². The number of nitrogens with one attached hydrogen (secondary N) is 2. The zero-order valence-electron chi connectivity index (χ0n) is 21.9. The standard InChI is InChI=1S/C30H31FN4O4/c1-38-22-8-6-19(7-9-22)14-34-16-30(17-35(18-30)29(37)32-21-5-3-4-20(31)12-21)27-24-11-10-23(39-2)13-25(24)33-28(27)26(34)15-36/h3-13,26,33,36H,14-18H2,1-2H3,(H,32,37)/t26-/m0/s1. The molecule has 1 fully saturated rings. The highest BCUT2D eigenvalue weighted by Gasteiger charge is 2.54. The Kier molecular flexibility index (Phi) is 6.40. The van der Waals surface area contributed by atoms with Gasteiger partial charge in [0.15, 0.2) is 0 Å². The molecule has 1 saturated heterocycles. The van der Waals surface area contributed by atoms with Crippen LogP contribution in [0.15, 0.2) is 66.7 Å². The molecule has 39 heavy (non-hydrogen) atoms. The Bertz CT molecular complexity index is 1510. The lowest BCUT2D eigenvalue weighted by Crippen LogP contribution is -2.68. The van der Waals surface area contributed by atoms with Crippen LogP contribution in [-0.4, -0.2) is 66.4 Å². The summed E-state index contributed by atoms with van der Waals surface area (Å²) in [5.41, 5.74) is 4.23. The number of rotatable bonds is 6. The molecule has 0 bridgehead atoms. The number of anilines is 1. The van der Waals surface area contributed by atoms with E-state index < -0.39 is 5.82 Å². The number of H-pyrrole nitrogens is 1. The predicted octanol–water partition coefficient (Wildman–Crippen LogP) is 4.66. The average Bonchev–Trinajstić information content (AvgIpc) is 3.30. The summed E-state index contributed by atoms with van der Waals surface area (Å²) in [4.78, 5) is 20.7. The third-order valence-corrected chi connectivity index (χ3v) is 7.91. The fourth-order valence-electron chi connectivity index (χ4n) is 6.10. The molecule has 0 radical (unpaired) electrons. The van der Waals surface area contributed by atoms with Crippen molar-refractivity contribution in [2.24, 2.45) is 0 Å². The van der Waals surface area contributed by atoms with Crippen LogP contribution in [0.5, 0.6) is 11.5 Å². The minimum absolute atomic E-state index is 0.0486. The Balaban J connectivity index is 1.34. The largest absolute Gasteiger partial charge is 0.497 e. The van der Waals surface area contributed by atoms with Crippen molar-refractivity contribution in [3.8, 4) is 11.5 Å². The number of fused-ring (bicyclic) bond motifs is 4. The third-order valence-electron chi connectivity index (χ3n) is 7.91. The van der Waals surface area contributed by atoms with E-state index in [2.05, 4.69) is 15.2 Å². The number of carbonyl (C=O) groups excluding carboxylic acids is 1. The van der Waals surface area contributed by atoms with Gasteiger partial charge in [0.2, 0.25) is 0 Å². The molecule has 0 saturated carbocycles. The van der Waals surface area contributed by atoms with Gasteiger partial charge in [0.1, 0.15) is 17.3 Å². The number of hydrogen-bond donors (Lipinski definition) is 3. The molecule has 3 N–H and O–H groups in total. The van der Waals surface area contributed by atoms with Crippen LogP contribution in [-0.2, 0) is 12.0 Å². The third kappa shape index (κ3) is 4.47. The average molecular weight is 531 g/mol. The minimum Gasteiger partial charge on any atom is -0.497 e. The van der Waals surface area contributed by atoms with Crippen LogP contribution in [0, 0.1) is 5.82 Å². The van der Waals surface area contributed by atoms with Crippen LogP contribution in [0.2, 0.25) is 0 Å². The van der Waals surface area contributed by atoms with Gasteiger partial charge in [-0.25, -0.2) is 9.18 Å². The molecule has 1 spiro atoms. The summed E-state index contributed by atoms with van der Waals surface area (Å²) >= 11 is 0. The van der Waals surface area contributed by atoms with Gasteiger partial charge in [-0.05, 0) is 53.6 Å². The van der Waals surface area contributed by atoms with Gasteiger partial charge in [-0.3, -0.25) is 4.90 Å². The Hall–Kier alpha value is -4.08. The fourth-order valence-corrected chi connectivity index (χ4v) is 6.10. The predicted molar refractivity (Wildman–Crippen MR) is 147 cm³/mol. The number of methoxy groups -OCH3 is 2. The molecule has 8 nitrogen and oxygen atoms in total. The number of halogens is 1. The van der Waals surface area contributed by atoms with Gasteiger partial charge in [-0.1, -0.05) is 18.2 Å². The quantitative estimate of drug-likeness (QED) is 0.338. The van der Waals surface area contributed by atoms with E-state index in [9.17, 15) is 14.3 Å². The number of aliphatic hydroxyl groups excluding tert-OH is 1. The van der Waals surface area contributed by atoms with E-state index in [1.807, 2.05) is 42.5 Å². The van der Waals surface area contributed by atoms with E-state index in [1.165, 1.54) is 12.1 Å². The molecule has 6 rings (SSSR count). The van der Waals surface area contributed by atoms with Gasteiger partial charge in [0.25, 0.3) is 0 Å². The van der Waals surface area contributed by atoms with Gasteiger partial charge in [-0.2, -0.15) is 0 Å². The minimum atomic E-state index is -0.400. The van der Waals surface area contributed by atoms with E-state index in [-0.39, 0.29) is 24.1 Å². The molecular weight excluding hydrogens is 499 g/mol. The van der Waals surface area contributed by atoms with Crippen LogP contribution >= 0.6 is 0 Å². The summed E-state index contributed by atoms with van der Waals surface area (Å²) in [6.07, 6.45) is 0. The van der Waals surface area contributed by atoms with E-state index in [1.54, 1.807) is 31.3 Å². The second kappa shape index (κ2) is 9.91. The maximum absolute atomic E-state index is 13.7. The van der Waals surface area contributed by atoms with Crippen molar-refractivity contribution < 1.29 is 23.8 Å². The summed E-state index contributed by atoms with van der Waals surface area (Å²) in [6, 6.07) is 19.3. The monoisotopic (exact) mass is 530 g/mol. The first-order valence-corrected chi connectivity index (χ1v) is 12.9. The molecular formula is C30H31FN4O4. The smallest absolute Gasteiger partial charge is 0.321 e. The van der Waals surface area contributed by atoms with Crippen molar-refractivity contribution in [2.45, 2.75) is 18.0 Å². The van der Waals surface area contributed by atoms with Crippen molar-refractivity contribution in [1.82, 2.24) is 14.8 Å². The highest BCUT2D eigenvalue weighted by atomic mass is 19.1. The molecule has 2 aliphatic heterocycles. The Morgan fingerprint density at radius 2 is 1.79 bits per heavy atom. The highest BCUT2D eigenvalue weighted by Crippen LogP contribution is 2.49. The summed E-state index contributed by atoms with van der Waals surface area (Å²) in [5.74, 6) is 1.14. The molecule has 2 aliphatic rings. The van der Waals surface area contributed by atoms with Gasteiger partial charge < -0.3 is 29.8 Å². The second-order valence-corrected chi connectivity index (χ2v) is 10.4. The number of amides is 2. The number of ether oxygens (including phenoxy) is 2. The molecule has 0 unspecified atom stereocenters. The maximum Gasteiger partial charge on any atom is 0.321 e. The van der Waals surface area contributed by atoms with Gasteiger partial charge in [-0.15, -0.1) is 0 Å². The number of hydrogen-bond acceptors (Lipinski definition) is 5. The lowest BCUT2D eigenvalue weighted by Gasteiger charge is -2.56. The first-order valence-electron chi connectivity index (χ1n) is 12.9.